The van der Waals surface area contributed by atoms with Gasteiger partial charge in [-0.05, 0) is 32.4 Å². The number of halogens is 1. The third kappa shape index (κ3) is 2.71. The Kier molecular flexibility index (Phi) is 3.99. The summed E-state index contributed by atoms with van der Waals surface area (Å²) in [7, 11) is 0. The van der Waals surface area contributed by atoms with E-state index in [9.17, 15) is 0 Å². The Bertz CT molecular complexity index is 519. The quantitative estimate of drug-likeness (QED) is 0.922. The molecule has 18 heavy (non-hydrogen) atoms. The Morgan fingerprint density at radius 1 is 1.44 bits per heavy atom. The molecule has 1 atom stereocenters. The Morgan fingerprint density at radius 2 is 2.22 bits per heavy atom. The minimum absolute atomic E-state index is 0.167. The minimum atomic E-state index is 0.167. The van der Waals surface area contributed by atoms with E-state index in [-0.39, 0.29) is 6.04 Å². The van der Waals surface area contributed by atoms with Crippen molar-refractivity contribution >= 4 is 11.6 Å². The molecule has 2 heterocycles. The lowest BCUT2D eigenvalue weighted by Gasteiger charge is -2.14. The molecule has 2 rings (SSSR count). The summed E-state index contributed by atoms with van der Waals surface area (Å²) >= 11 is 6.06. The normalized spacial score (nSPS) is 12.7. The van der Waals surface area contributed by atoms with Gasteiger partial charge >= 0.3 is 0 Å². The lowest BCUT2D eigenvalue weighted by molar-refractivity contribution is 0.390. The van der Waals surface area contributed by atoms with Crippen molar-refractivity contribution in [1.82, 2.24) is 15.5 Å². The molecule has 0 aliphatic carbocycles. The van der Waals surface area contributed by atoms with Crippen LogP contribution in [-0.4, -0.2) is 10.1 Å². The minimum Gasteiger partial charge on any atom is -0.361 e. The lowest BCUT2D eigenvalue weighted by atomic mass is 10.1. The van der Waals surface area contributed by atoms with Gasteiger partial charge in [0.2, 0.25) is 0 Å². The molecule has 1 N–H and O–H groups in total. The first kappa shape index (κ1) is 13.1. The number of aryl methyl sites for hydroxylation is 2. The highest BCUT2D eigenvalue weighted by atomic mass is 35.5. The van der Waals surface area contributed by atoms with E-state index in [0.717, 1.165) is 22.6 Å². The maximum Gasteiger partial charge on any atom is 0.138 e. The molecule has 0 aliphatic rings. The van der Waals surface area contributed by atoms with Crippen LogP contribution < -0.4 is 5.32 Å². The van der Waals surface area contributed by atoms with Crippen LogP contribution >= 0.6 is 11.6 Å². The van der Waals surface area contributed by atoms with Gasteiger partial charge in [-0.3, -0.25) is 4.98 Å². The molecule has 1 unspecified atom stereocenters. The van der Waals surface area contributed by atoms with E-state index >= 15 is 0 Å². The molecule has 0 saturated heterocycles. The van der Waals surface area contributed by atoms with Crippen molar-refractivity contribution in [2.75, 3.05) is 0 Å². The summed E-state index contributed by atoms with van der Waals surface area (Å²) in [6.07, 6.45) is 3.39. The zero-order valence-electron chi connectivity index (χ0n) is 10.7. The van der Waals surface area contributed by atoms with Crippen molar-refractivity contribution < 1.29 is 4.52 Å². The van der Waals surface area contributed by atoms with Crippen molar-refractivity contribution in [2.45, 2.75) is 33.4 Å². The van der Waals surface area contributed by atoms with Crippen molar-refractivity contribution in [3.8, 4) is 0 Å². The van der Waals surface area contributed by atoms with Gasteiger partial charge in [-0.2, -0.15) is 0 Å². The SMILES string of the molecule is Cc1noc(C)c1C(C)NCc1ccncc1Cl. The van der Waals surface area contributed by atoms with Crippen LogP contribution in [0.15, 0.2) is 23.0 Å². The molecular weight excluding hydrogens is 250 g/mol. The second kappa shape index (κ2) is 5.50. The van der Waals surface area contributed by atoms with E-state index in [0.29, 0.717) is 11.6 Å². The van der Waals surface area contributed by atoms with Crippen molar-refractivity contribution in [3.63, 3.8) is 0 Å². The van der Waals surface area contributed by atoms with E-state index in [1.165, 1.54) is 0 Å². The summed E-state index contributed by atoms with van der Waals surface area (Å²) in [6, 6.07) is 2.08. The second-order valence-corrected chi connectivity index (χ2v) is 4.71. The number of nitrogens with zero attached hydrogens (tertiary/aromatic N) is 2. The molecule has 4 nitrogen and oxygen atoms in total. The molecule has 2 aromatic rings. The van der Waals surface area contributed by atoms with Gasteiger partial charge in [0.1, 0.15) is 5.76 Å². The molecule has 0 saturated carbocycles. The summed E-state index contributed by atoms with van der Waals surface area (Å²) in [4.78, 5) is 3.97. The Balaban J connectivity index is 2.05. The predicted octanol–water partition coefficient (Wildman–Crippen LogP) is 3.19. The van der Waals surface area contributed by atoms with E-state index < -0.39 is 0 Å². The number of pyridine rings is 1. The molecule has 0 bridgehead atoms. The first-order valence-corrected chi connectivity index (χ1v) is 6.22. The van der Waals surface area contributed by atoms with E-state index in [2.05, 4.69) is 22.4 Å². The van der Waals surface area contributed by atoms with Crippen LogP contribution in [0.5, 0.6) is 0 Å². The molecular formula is C13H16ClN3O. The van der Waals surface area contributed by atoms with Crippen LogP contribution in [-0.2, 0) is 6.54 Å². The molecule has 0 aliphatic heterocycles. The summed E-state index contributed by atoms with van der Waals surface area (Å²) in [6.45, 7) is 6.64. The standard InChI is InChI=1S/C13H16ClN3O/c1-8(13-9(2)17-18-10(13)3)16-6-11-4-5-15-7-12(11)14/h4-5,7-8,16H,6H2,1-3H3. The van der Waals surface area contributed by atoms with Gasteiger partial charge in [0.25, 0.3) is 0 Å². The summed E-state index contributed by atoms with van der Waals surface area (Å²) in [5.41, 5.74) is 3.07. The molecule has 0 spiro atoms. The van der Waals surface area contributed by atoms with Gasteiger partial charge in [-0.1, -0.05) is 16.8 Å². The van der Waals surface area contributed by atoms with Crippen LogP contribution in [0.4, 0.5) is 0 Å². The third-order valence-corrected chi connectivity index (χ3v) is 3.32. The molecule has 2 aromatic heterocycles. The Labute approximate surface area is 111 Å². The van der Waals surface area contributed by atoms with Crippen molar-refractivity contribution in [1.29, 1.82) is 0 Å². The fraction of sp³-hybridized carbons (Fsp3) is 0.385. The average Bonchev–Trinajstić information content (AvgIpc) is 2.68. The first-order valence-electron chi connectivity index (χ1n) is 5.84. The number of rotatable bonds is 4. The summed E-state index contributed by atoms with van der Waals surface area (Å²) < 4.78 is 5.17. The average molecular weight is 266 g/mol. The molecule has 96 valence electrons. The Hall–Kier alpha value is -1.39. The smallest absolute Gasteiger partial charge is 0.138 e. The number of nitrogens with one attached hydrogen (secondary N) is 1. The van der Waals surface area contributed by atoms with Crippen molar-refractivity contribution in [2.24, 2.45) is 0 Å². The van der Waals surface area contributed by atoms with E-state index in [4.69, 9.17) is 16.1 Å². The third-order valence-electron chi connectivity index (χ3n) is 2.98. The highest BCUT2D eigenvalue weighted by Crippen LogP contribution is 2.22. The predicted molar refractivity (Wildman–Crippen MR) is 70.5 cm³/mol. The van der Waals surface area contributed by atoms with Gasteiger partial charge in [0.05, 0.1) is 10.7 Å². The number of hydrogen-bond acceptors (Lipinski definition) is 4. The van der Waals surface area contributed by atoms with Crippen LogP contribution in [0.3, 0.4) is 0 Å². The van der Waals surface area contributed by atoms with Gasteiger partial charge in [0, 0.05) is 30.5 Å². The largest absolute Gasteiger partial charge is 0.361 e. The molecule has 0 radical (unpaired) electrons. The second-order valence-electron chi connectivity index (χ2n) is 4.31. The number of hydrogen-bond donors (Lipinski definition) is 1. The highest BCUT2D eigenvalue weighted by Gasteiger charge is 2.16. The maximum absolute atomic E-state index is 6.06. The maximum atomic E-state index is 6.06. The van der Waals surface area contributed by atoms with Crippen LogP contribution in [0, 0.1) is 13.8 Å². The molecule has 5 heteroatoms. The number of aromatic nitrogens is 2. The van der Waals surface area contributed by atoms with Gasteiger partial charge in [0.15, 0.2) is 0 Å². The fourth-order valence-electron chi connectivity index (χ4n) is 2.02. The molecule has 0 aromatic carbocycles. The zero-order valence-corrected chi connectivity index (χ0v) is 11.5. The van der Waals surface area contributed by atoms with E-state index in [1.54, 1.807) is 12.4 Å². The Morgan fingerprint density at radius 3 is 2.83 bits per heavy atom. The summed E-state index contributed by atoms with van der Waals surface area (Å²) in [5.74, 6) is 0.855. The van der Waals surface area contributed by atoms with Gasteiger partial charge in [-0.15, -0.1) is 0 Å². The van der Waals surface area contributed by atoms with Gasteiger partial charge < -0.3 is 9.84 Å². The van der Waals surface area contributed by atoms with E-state index in [1.807, 2.05) is 19.9 Å². The highest BCUT2D eigenvalue weighted by molar-refractivity contribution is 6.31. The lowest BCUT2D eigenvalue weighted by Crippen LogP contribution is -2.19. The molecule has 0 amide bonds. The fourth-order valence-corrected chi connectivity index (χ4v) is 2.21. The molecule has 0 fully saturated rings. The topological polar surface area (TPSA) is 51.0 Å². The van der Waals surface area contributed by atoms with Crippen molar-refractivity contribution in [3.05, 3.63) is 46.1 Å². The summed E-state index contributed by atoms with van der Waals surface area (Å²) in [5, 5.41) is 8.05. The monoisotopic (exact) mass is 265 g/mol. The van der Waals surface area contributed by atoms with Crippen LogP contribution in [0.1, 0.15) is 35.5 Å². The van der Waals surface area contributed by atoms with Crippen LogP contribution in [0.2, 0.25) is 5.02 Å². The van der Waals surface area contributed by atoms with Gasteiger partial charge in [-0.25, -0.2) is 0 Å². The zero-order chi connectivity index (χ0) is 13.1. The first-order chi connectivity index (χ1) is 8.59. The van der Waals surface area contributed by atoms with Crippen LogP contribution in [0.25, 0.3) is 0 Å².